The molecule has 3 fully saturated rings. The SMILES string of the molecule is C=CCN(Cc1ccccc1)C(=O)[C@H]1[C@H]2C(=O)N(CCCCCCO)C(C(=O)N(CC=C)C(C)(C)C)C23CC[C@]1(C)O3. The molecular formula is C34H49N3O5. The van der Waals surface area contributed by atoms with Gasteiger partial charge < -0.3 is 24.5 Å². The maximum absolute atomic E-state index is 14.5. The van der Waals surface area contributed by atoms with Crippen LogP contribution in [0, 0.1) is 11.8 Å². The molecule has 1 N–H and O–H groups in total. The number of amides is 3. The van der Waals surface area contributed by atoms with Crippen molar-refractivity contribution in [1.82, 2.24) is 14.7 Å². The van der Waals surface area contributed by atoms with Gasteiger partial charge in [-0.25, -0.2) is 0 Å². The van der Waals surface area contributed by atoms with Crippen LogP contribution in [-0.4, -0.2) is 86.6 Å². The lowest BCUT2D eigenvalue weighted by molar-refractivity contribution is -0.156. The molecule has 230 valence electrons. The highest BCUT2D eigenvalue weighted by atomic mass is 16.5. The molecule has 0 aromatic heterocycles. The van der Waals surface area contributed by atoms with Crippen LogP contribution in [0.4, 0.5) is 0 Å². The van der Waals surface area contributed by atoms with Crippen molar-refractivity contribution < 1.29 is 24.2 Å². The Morgan fingerprint density at radius 2 is 1.71 bits per heavy atom. The highest BCUT2D eigenvalue weighted by Gasteiger charge is 2.78. The van der Waals surface area contributed by atoms with Crippen LogP contribution in [0.3, 0.4) is 0 Å². The van der Waals surface area contributed by atoms with Gasteiger partial charge in [-0.2, -0.15) is 0 Å². The molecule has 3 amide bonds. The molecule has 2 bridgehead atoms. The molecule has 8 heteroatoms. The van der Waals surface area contributed by atoms with Gasteiger partial charge in [0, 0.05) is 38.3 Å². The largest absolute Gasteiger partial charge is 0.396 e. The number of ether oxygens (including phenoxy) is 1. The third kappa shape index (κ3) is 5.80. The standard InChI is InChI=1S/C34H49N3O5/c1-7-20-35(24-25-16-12-11-13-17-25)29(39)26-27-30(40)36(22-14-9-10-15-23-38)28(34(27)19-18-33(26,6)42-34)31(41)37(21-8-2)32(3,4)5/h7-8,11-13,16-17,26-28,38H,1-2,9-10,14-15,18-24H2,3-6H3/t26-,27+,28?,33+,34?/m1/s1. The normalized spacial score (nSPS) is 28.1. The van der Waals surface area contributed by atoms with Gasteiger partial charge in [-0.05, 0) is 58.9 Å². The van der Waals surface area contributed by atoms with Crippen LogP contribution >= 0.6 is 0 Å². The number of rotatable bonds is 14. The predicted octanol–water partition coefficient (Wildman–Crippen LogP) is 4.33. The van der Waals surface area contributed by atoms with Crippen molar-refractivity contribution in [3.8, 4) is 0 Å². The fourth-order valence-electron chi connectivity index (χ4n) is 7.43. The van der Waals surface area contributed by atoms with E-state index >= 15 is 0 Å². The predicted molar refractivity (Wildman–Crippen MR) is 163 cm³/mol. The Morgan fingerprint density at radius 3 is 2.33 bits per heavy atom. The lowest BCUT2D eigenvalue weighted by Gasteiger charge is -2.42. The van der Waals surface area contributed by atoms with Crippen molar-refractivity contribution >= 4 is 17.7 Å². The fourth-order valence-corrected chi connectivity index (χ4v) is 7.43. The van der Waals surface area contributed by atoms with Gasteiger partial charge in [-0.1, -0.05) is 55.3 Å². The summed E-state index contributed by atoms with van der Waals surface area (Å²) in [7, 11) is 0. The Labute approximate surface area is 251 Å². The molecule has 3 aliphatic rings. The summed E-state index contributed by atoms with van der Waals surface area (Å²) in [5, 5.41) is 9.20. The third-order valence-electron chi connectivity index (χ3n) is 9.35. The molecule has 2 unspecified atom stereocenters. The Bertz CT molecular complexity index is 1160. The summed E-state index contributed by atoms with van der Waals surface area (Å²) in [4.78, 5) is 48.7. The number of likely N-dealkylation sites (tertiary alicyclic amines) is 1. The quantitative estimate of drug-likeness (QED) is 0.262. The fraction of sp³-hybridized carbons (Fsp3) is 0.618. The average Bonchev–Trinajstić information content (AvgIpc) is 3.51. The zero-order valence-electron chi connectivity index (χ0n) is 25.9. The summed E-state index contributed by atoms with van der Waals surface area (Å²) < 4.78 is 6.86. The Morgan fingerprint density at radius 1 is 1.05 bits per heavy atom. The lowest BCUT2D eigenvalue weighted by atomic mass is 9.66. The molecule has 8 nitrogen and oxygen atoms in total. The van der Waals surface area contributed by atoms with Gasteiger partial charge in [0.2, 0.25) is 17.7 Å². The minimum absolute atomic E-state index is 0.129. The minimum atomic E-state index is -1.06. The van der Waals surface area contributed by atoms with Crippen LogP contribution in [0.25, 0.3) is 0 Å². The molecule has 0 radical (unpaired) electrons. The summed E-state index contributed by atoms with van der Waals surface area (Å²) in [6.07, 6.45) is 7.68. The van der Waals surface area contributed by atoms with Gasteiger partial charge in [0.25, 0.3) is 0 Å². The number of unbranched alkanes of at least 4 members (excludes halogenated alkanes) is 3. The molecule has 4 rings (SSSR count). The first-order valence-corrected chi connectivity index (χ1v) is 15.4. The first kappa shape index (κ1) is 32.0. The maximum Gasteiger partial charge on any atom is 0.249 e. The number of carbonyl (C=O) groups is 3. The summed E-state index contributed by atoms with van der Waals surface area (Å²) in [6.45, 7) is 17.3. The molecule has 1 aromatic rings. The second-order valence-electron chi connectivity index (χ2n) is 13.3. The van der Waals surface area contributed by atoms with E-state index in [0.717, 1.165) is 18.4 Å². The topological polar surface area (TPSA) is 90.4 Å². The van der Waals surface area contributed by atoms with Crippen molar-refractivity contribution in [1.29, 1.82) is 0 Å². The van der Waals surface area contributed by atoms with Crippen LogP contribution in [0.5, 0.6) is 0 Å². The minimum Gasteiger partial charge on any atom is -0.396 e. The van der Waals surface area contributed by atoms with Gasteiger partial charge in [-0.15, -0.1) is 13.2 Å². The highest BCUT2D eigenvalue weighted by molar-refractivity contribution is 5.99. The van der Waals surface area contributed by atoms with Gasteiger partial charge in [-0.3, -0.25) is 14.4 Å². The Kier molecular flexibility index (Phi) is 9.68. The molecular weight excluding hydrogens is 530 g/mol. The zero-order valence-corrected chi connectivity index (χ0v) is 25.9. The average molecular weight is 580 g/mol. The molecule has 42 heavy (non-hydrogen) atoms. The third-order valence-corrected chi connectivity index (χ3v) is 9.35. The van der Waals surface area contributed by atoms with Crippen molar-refractivity contribution in [2.75, 3.05) is 26.2 Å². The van der Waals surface area contributed by atoms with E-state index in [1.807, 2.05) is 58.0 Å². The van der Waals surface area contributed by atoms with E-state index in [0.29, 0.717) is 51.9 Å². The number of nitrogens with zero attached hydrogens (tertiary/aromatic N) is 3. The molecule has 3 saturated heterocycles. The number of aliphatic hydroxyl groups excluding tert-OH is 1. The monoisotopic (exact) mass is 579 g/mol. The second kappa shape index (κ2) is 12.7. The Hall–Kier alpha value is -2.97. The first-order chi connectivity index (χ1) is 19.9. The second-order valence-corrected chi connectivity index (χ2v) is 13.3. The maximum atomic E-state index is 14.5. The molecule has 5 atom stereocenters. The number of carbonyl (C=O) groups excluding carboxylic acids is 3. The summed E-state index contributed by atoms with van der Waals surface area (Å²) in [5.74, 6) is -1.87. The molecule has 0 aliphatic carbocycles. The molecule has 0 saturated carbocycles. The van der Waals surface area contributed by atoms with E-state index < -0.39 is 34.6 Å². The van der Waals surface area contributed by atoms with Gasteiger partial charge in [0.05, 0.1) is 17.4 Å². The van der Waals surface area contributed by atoms with Crippen molar-refractivity contribution in [2.24, 2.45) is 11.8 Å². The van der Waals surface area contributed by atoms with Crippen LogP contribution in [-0.2, 0) is 25.7 Å². The van der Waals surface area contributed by atoms with Crippen molar-refractivity contribution in [2.45, 2.75) is 95.5 Å². The van der Waals surface area contributed by atoms with E-state index in [1.54, 1.807) is 26.9 Å². The smallest absolute Gasteiger partial charge is 0.249 e. The summed E-state index contributed by atoms with van der Waals surface area (Å²) in [6, 6.07) is 8.99. The van der Waals surface area contributed by atoms with Gasteiger partial charge in [0.15, 0.2) is 0 Å². The van der Waals surface area contributed by atoms with E-state index in [2.05, 4.69) is 13.2 Å². The van der Waals surface area contributed by atoms with E-state index in [4.69, 9.17) is 4.74 Å². The van der Waals surface area contributed by atoms with E-state index in [9.17, 15) is 19.5 Å². The number of hydrogen-bond acceptors (Lipinski definition) is 5. The van der Waals surface area contributed by atoms with Crippen molar-refractivity contribution in [3.63, 3.8) is 0 Å². The van der Waals surface area contributed by atoms with Gasteiger partial charge in [0.1, 0.15) is 11.6 Å². The molecule has 3 aliphatic heterocycles. The zero-order chi connectivity index (χ0) is 30.7. The molecule has 1 spiro atoms. The Balaban J connectivity index is 1.72. The lowest BCUT2D eigenvalue weighted by Crippen LogP contribution is -2.60. The molecule has 3 heterocycles. The number of fused-ring (bicyclic) bond motifs is 1. The number of benzene rings is 1. The first-order valence-electron chi connectivity index (χ1n) is 15.4. The highest BCUT2D eigenvalue weighted by Crippen LogP contribution is 2.63. The van der Waals surface area contributed by atoms with E-state index in [1.165, 1.54) is 0 Å². The van der Waals surface area contributed by atoms with E-state index in [-0.39, 0.29) is 24.3 Å². The molecule has 1 aromatic carbocycles. The number of hydrogen-bond donors (Lipinski definition) is 1. The summed E-state index contributed by atoms with van der Waals surface area (Å²) in [5.41, 5.74) is -1.41. The number of aliphatic hydroxyl groups is 1. The summed E-state index contributed by atoms with van der Waals surface area (Å²) >= 11 is 0. The van der Waals surface area contributed by atoms with Crippen LogP contribution in [0.1, 0.15) is 71.8 Å². The van der Waals surface area contributed by atoms with Crippen molar-refractivity contribution in [3.05, 3.63) is 61.2 Å². The van der Waals surface area contributed by atoms with Crippen LogP contribution in [0.15, 0.2) is 55.6 Å². The van der Waals surface area contributed by atoms with Gasteiger partial charge >= 0.3 is 0 Å². The van der Waals surface area contributed by atoms with Crippen LogP contribution < -0.4 is 0 Å². The van der Waals surface area contributed by atoms with Crippen LogP contribution in [0.2, 0.25) is 0 Å².